The van der Waals surface area contributed by atoms with E-state index in [1.54, 1.807) is 6.20 Å². The summed E-state index contributed by atoms with van der Waals surface area (Å²) in [7, 11) is 0. The average molecular weight is 219 g/mol. The molecule has 86 valence electrons. The summed E-state index contributed by atoms with van der Waals surface area (Å²) in [6.07, 6.45) is 4.81. The molecule has 0 spiro atoms. The maximum absolute atomic E-state index is 9.15. The van der Waals surface area contributed by atoms with E-state index >= 15 is 0 Å². The molecule has 0 fully saturated rings. The molecule has 0 saturated heterocycles. The van der Waals surface area contributed by atoms with Crippen molar-refractivity contribution in [1.29, 1.82) is 0 Å². The van der Waals surface area contributed by atoms with Gasteiger partial charge in [-0.3, -0.25) is 4.98 Å². The fraction of sp³-hybridized carbons (Fsp3) is 0.462. The Balaban J connectivity index is 2.23. The van der Waals surface area contributed by atoms with Crippen molar-refractivity contribution in [3.05, 3.63) is 41.9 Å². The van der Waals surface area contributed by atoms with Gasteiger partial charge in [0.25, 0.3) is 0 Å². The average Bonchev–Trinajstić information content (AvgIpc) is 2.52. The van der Waals surface area contributed by atoms with Crippen LogP contribution in [-0.4, -0.2) is 23.3 Å². The molecule has 1 aromatic rings. The minimum atomic E-state index is -0.0317. The van der Waals surface area contributed by atoms with Crippen LogP contribution in [0.4, 0.5) is 0 Å². The number of aromatic nitrogens is 1. The van der Waals surface area contributed by atoms with Gasteiger partial charge < -0.3 is 9.84 Å². The smallest absolute Gasteiger partial charge is 0.118 e. The molecule has 16 heavy (non-hydrogen) atoms. The number of rotatable bonds is 2. The van der Waals surface area contributed by atoms with Crippen LogP contribution in [0.1, 0.15) is 25.0 Å². The van der Waals surface area contributed by atoms with Gasteiger partial charge in [0.1, 0.15) is 12.4 Å². The second-order valence-corrected chi connectivity index (χ2v) is 4.30. The van der Waals surface area contributed by atoms with Gasteiger partial charge in [0, 0.05) is 17.8 Å². The zero-order valence-electron chi connectivity index (χ0n) is 9.47. The van der Waals surface area contributed by atoms with E-state index in [2.05, 4.69) is 11.9 Å². The van der Waals surface area contributed by atoms with Crippen molar-refractivity contribution < 1.29 is 9.84 Å². The highest BCUT2D eigenvalue weighted by Crippen LogP contribution is 2.28. The summed E-state index contributed by atoms with van der Waals surface area (Å²) >= 11 is 0. The molecular formula is C13H17NO2. The maximum atomic E-state index is 9.15. The van der Waals surface area contributed by atoms with Crippen LogP contribution in [0.5, 0.6) is 0 Å². The Kier molecular flexibility index (Phi) is 3.57. The maximum Gasteiger partial charge on any atom is 0.118 e. The number of nitrogens with zero attached hydrogens (tertiary/aromatic N) is 1. The van der Waals surface area contributed by atoms with Gasteiger partial charge in [-0.1, -0.05) is 13.0 Å². The molecule has 2 heterocycles. The van der Waals surface area contributed by atoms with E-state index < -0.39 is 0 Å². The molecule has 2 rings (SSSR count). The van der Waals surface area contributed by atoms with Crippen LogP contribution < -0.4 is 0 Å². The minimum Gasteiger partial charge on any atom is -0.496 e. The molecule has 0 radical (unpaired) electrons. The third-order valence-corrected chi connectivity index (χ3v) is 2.82. The summed E-state index contributed by atoms with van der Waals surface area (Å²) in [5.74, 6) is 1.40. The normalized spacial score (nSPS) is 25.5. The molecule has 1 aliphatic heterocycles. The van der Waals surface area contributed by atoms with Crippen molar-refractivity contribution in [2.45, 2.75) is 19.3 Å². The van der Waals surface area contributed by atoms with Gasteiger partial charge >= 0.3 is 0 Å². The summed E-state index contributed by atoms with van der Waals surface area (Å²) < 4.78 is 5.50. The first-order valence-corrected chi connectivity index (χ1v) is 5.65. The quantitative estimate of drug-likeness (QED) is 0.828. The predicted octanol–water partition coefficient (Wildman–Crippen LogP) is 2.10. The number of ether oxygens (including phenoxy) is 1. The molecule has 0 aliphatic carbocycles. The lowest BCUT2D eigenvalue weighted by molar-refractivity contribution is 0.139. The Morgan fingerprint density at radius 1 is 1.50 bits per heavy atom. The Morgan fingerprint density at radius 3 is 3.06 bits per heavy atom. The van der Waals surface area contributed by atoms with E-state index in [1.165, 1.54) is 0 Å². The third-order valence-electron chi connectivity index (χ3n) is 2.82. The van der Waals surface area contributed by atoms with Gasteiger partial charge in [-0.25, -0.2) is 0 Å². The van der Waals surface area contributed by atoms with Crippen LogP contribution in [-0.2, 0) is 4.74 Å². The standard InChI is InChI=1S/C13H17NO2/c1-10-6-11(7-12(8-15)16-9-10)13-4-2-3-5-14-13/h2-5,7,10-11,15H,6,8-9H2,1H3. The van der Waals surface area contributed by atoms with Crippen molar-refractivity contribution in [2.24, 2.45) is 5.92 Å². The van der Waals surface area contributed by atoms with E-state index in [0.717, 1.165) is 12.1 Å². The number of hydrogen-bond acceptors (Lipinski definition) is 3. The van der Waals surface area contributed by atoms with Crippen LogP contribution >= 0.6 is 0 Å². The molecule has 0 aromatic carbocycles. The highest BCUT2D eigenvalue weighted by molar-refractivity contribution is 5.18. The van der Waals surface area contributed by atoms with E-state index in [9.17, 15) is 0 Å². The van der Waals surface area contributed by atoms with Crippen LogP contribution in [0, 0.1) is 5.92 Å². The number of aliphatic hydroxyl groups excluding tert-OH is 1. The molecule has 0 amide bonds. The Bertz CT molecular complexity index is 361. The van der Waals surface area contributed by atoms with Gasteiger partial charge in [0.2, 0.25) is 0 Å². The highest BCUT2D eigenvalue weighted by atomic mass is 16.5. The Morgan fingerprint density at radius 2 is 2.38 bits per heavy atom. The third kappa shape index (κ3) is 2.61. The molecule has 0 saturated carbocycles. The number of aliphatic hydroxyl groups is 1. The van der Waals surface area contributed by atoms with Gasteiger partial charge in [-0.2, -0.15) is 0 Å². The van der Waals surface area contributed by atoms with Gasteiger partial charge in [0.15, 0.2) is 0 Å². The fourth-order valence-electron chi connectivity index (χ4n) is 1.99. The van der Waals surface area contributed by atoms with Crippen molar-refractivity contribution >= 4 is 0 Å². The molecule has 1 N–H and O–H groups in total. The topological polar surface area (TPSA) is 42.4 Å². The van der Waals surface area contributed by atoms with E-state index in [1.807, 2.05) is 24.3 Å². The molecule has 2 unspecified atom stereocenters. The second-order valence-electron chi connectivity index (χ2n) is 4.30. The predicted molar refractivity (Wildman–Crippen MR) is 61.9 cm³/mol. The van der Waals surface area contributed by atoms with Crippen LogP contribution in [0.2, 0.25) is 0 Å². The lowest BCUT2D eigenvalue weighted by Crippen LogP contribution is -2.06. The van der Waals surface area contributed by atoms with Gasteiger partial charge in [-0.15, -0.1) is 0 Å². The minimum absolute atomic E-state index is 0.0317. The summed E-state index contributed by atoms with van der Waals surface area (Å²) in [4.78, 5) is 4.37. The summed E-state index contributed by atoms with van der Waals surface area (Å²) in [6, 6.07) is 5.93. The first kappa shape index (κ1) is 11.1. The number of allylic oxidation sites excluding steroid dienone is 1. The van der Waals surface area contributed by atoms with Crippen molar-refractivity contribution in [2.75, 3.05) is 13.2 Å². The molecule has 1 aromatic heterocycles. The van der Waals surface area contributed by atoms with Crippen LogP contribution in [0.15, 0.2) is 36.2 Å². The molecular weight excluding hydrogens is 202 g/mol. The Hall–Kier alpha value is -1.35. The first-order chi connectivity index (χ1) is 7.79. The molecule has 0 bridgehead atoms. The fourth-order valence-corrected chi connectivity index (χ4v) is 1.99. The number of hydrogen-bond donors (Lipinski definition) is 1. The van der Waals surface area contributed by atoms with E-state index in [4.69, 9.17) is 9.84 Å². The first-order valence-electron chi connectivity index (χ1n) is 5.65. The van der Waals surface area contributed by atoms with Gasteiger partial charge in [-0.05, 0) is 30.5 Å². The van der Waals surface area contributed by atoms with E-state index in [-0.39, 0.29) is 12.5 Å². The monoisotopic (exact) mass is 219 g/mol. The SMILES string of the molecule is CC1COC(CO)=CC(c2ccccn2)C1. The van der Waals surface area contributed by atoms with E-state index in [0.29, 0.717) is 18.3 Å². The Labute approximate surface area is 95.8 Å². The molecule has 3 heteroatoms. The zero-order valence-corrected chi connectivity index (χ0v) is 9.47. The van der Waals surface area contributed by atoms with Gasteiger partial charge in [0.05, 0.1) is 6.61 Å². The lowest BCUT2D eigenvalue weighted by atomic mass is 9.93. The molecule has 3 nitrogen and oxygen atoms in total. The van der Waals surface area contributed by atoms with Crippen molar-refractivity contribution in [3.63, 3.8) is 0 Å². The van der Waals surface area contributed by atoms with Crippen molar-refractivity contribution in [1.82, 2.24) is 4.98 Å². The second kappa shape index (κ2) is 5.12. The largest absolute Gasteiger partial charge is 0.496 e. The molecule has 2 atom stereocenters. The lowest BCUT2D eigenvalue weighted by Gasteiger charge is -2.13. The number of pyridine rings is 1. The van der Waals surface area contributed by atoms with Crippen LogP contribution in [0.3, 0.4) is 0 Å². The summed E-state index contributed by atoms with van der Waals surface area (Å²) in [5, 5.41) is 9.15. The zero-order chi connectivity index (χ0) is 11.4. The highest BCUT2D eigenvalue weighted by Gasteiger charge is 2.19. The summed E-state index contributed by atoms with van der Waals surface area (Å²) in [6.45, 7) is 2.80. The molecule has 1 aliphatic rings. The van der Waals surface area contributed by atoms with Crippen molar-refractivity contribution in [3.8, 4) is 0 Å². The summed E-state index contributed by atoms with van der Waals surface area (Å²) in [5.41, 5.74) is 1.05. The van der Waals surface area contributed by atoms with Crippen LogP contribution in [0.25, 0.3) is 0 Å².